The van der Waals surface area contributed by atoms with Gasteiger partial charge in [0.1, 0.15) is 17.9 Å². The van der Waals surface area contributed by atoms with E-state index in [-0.39, 0.29) is 17.6 Å². The van der Waals surface area contributed by atoms with E-state index in [4.69, 9.17) is 9.15 Å². The summed E-state index contributed by atoms with van der Waals surface area (Å²) in [7, 11) is 0. The molecule has 0 saturated heterocycles. The van der Waals surface area contributed by atoms with Crippen LogP contribution in [0.15, 0.2) is 63.3 Å². The summed E-state index contributed by atoms with van der Waals surface area (Å²) in [6.07, 6.45) is 5.63. The summed E-state index contributed by atoms with van der Waals surface area (Å²) in [5.41, 5.74) is 2.71. The fourth-order valence-electron chi connectivity index (χ4n) is 3.78. The first kappa shape index (κ1) is 19.4. The van der Waals surface area contributed by atoms with Gasteiger partial charge in [-0.25, -0.2) is 4.79 Å². The van der Waals surface area contributed by atoms with Crippen LogP contribution in [-0.2, 0) is 0 Å². The van der Waals surface area contributed by atoms with Gasteiger partial charge >= 0.3 is 5.63 Å². The molecule has 1 N–H and O–H groups in total. The van der Waals surface area contributed by atoms with E-state index in [0.717, 1.165) is 31.1 Å². The number of benzene rings is 1. The Kier molecular flexibility index (Phi) is 6.17. The van der Waals surface area contributed by atoms with Gasteiger partial charge in [0, 0.05) is 17.5 Å². The lowest BCUT2D eigenvalue weighted by Gasteiger charge is -2.35. The van der Waals surface area contributed by atoms with Gasteiger partial charge in [-0.3, -0.25) is 0 Å². The van der Waals surface area contributed by atoms with Gasteiger partial charge in [-0.05, 0) is 68.7 Å². The number of hydrogen-bond donors (Lipinski definition) is 1. The molecule has 1 aliphatic carbocycles. The van der Waals surface area contributed by atoms with Crippen LogP contribution >= 0.6 is 0 Å². The third-order valence-electron chi connectivity index (χ3n) is 5.65. The number of ether oxygens (including phenoxy) is 1. The van der Waals surface area contributed by atoms with E-state index in [1.807, 2.05) is 12.1 Å². The van der Waals surface area contributed by atoms with Crippen LogP contribution in [0.4, 0.5) is 0 Å². The monoisotopic (exact) mass is 368 g/mol. The van der Waals surface area contributed by atoms with Crippen molar-refractivity contribution in [3.63, 3.8) is 0 Å². The van der Waals surface area contributed by atoms with Crippen molar-refractivity contribution >= 4 is 11.0 Å². The second kappa shape index (κ2) is 8.57. The largest absolute Gasteiger partial charge is 0.489 e. The van der Waals surface area contributed by atoms with Crippen LogP contribution in [0.3, 0.4) is 0 Å². The summed E-state index contributed by atoms with van der Waals surface area (Å²) in [5.74, 6) is 1.35. The van der Waals surface area contributed by atoms with Gasteiger partial charge in [0.05, 0.1) is 6.10 Å². The van der Waals surface area contributed by atoms with Gasteiger partial charge in [-0.15, -0.1) is 0 Å². The fourth-order valence-corrected chi connectivity index (χ4v) is 3.78. The molecule has 4 nitrogen and oxygen atoms in total. The van der Waals surface area contributed by atoms with E-state index >= 15 is 0 Å². The molecular formula is C23H28O4. The molecule has 0 radical (unpaired) electrons. The maximum atomic E-state index is 11.3. The number of aliphatic hydroxyl groups excluding tert-OH is 1. The molecule has 0 amide bonds. The minimum atomic E-state index is -0.362. The Bertz CT molecular complexity index is 893. The lowest BCUT2D eigenvalue weighted by Crippen LogP contribution is -2.31. The van der Waals surface area contributed by atoms with Crippen molar-refractivity contribution in [3.05, 3.63) is 64.6 Å². The Morgan fingerprint density at radius 1 is 1.37 bits per heavy atom. The van der Waals surface area contributed by atoms with Gasteiger partial charge in [0.2, 0.25) is 0 Å². The van der Waals surface area contributed by atoms with Gasteiger partial charge < -0.3 is 14.3 Å². The van der Waals surface area contributed by atoms with Gasteiger partial charge in [0.15, 0.2) is 0 Å². The molecule has 1 aromatic carbocycles. The van der Waals surface area contributed by atoms with Crippen LogP contribution in [0.1, 0.15) is 39.5 Å². The van der Waals surface area contributed by atoms with E-state index < -0.39 is 0 Å². The highest BCUT2D eigenvalue weighted by atomic mass is 16.5. The molecule has 3 atom stereocenters. The average molecular weight is 368 g/mol. The van der Waals surface area contributed by atoms with Gasteiger partial charge in [-0.1, -0.05) is 24.6 Å². The Hall–Kier alpha value is -2.33. The van der Waals surface area contributed by atoms with E-state index in [2.05, 4.69) is 26.5 Å². The summed E-state index contributed by atoms with van der Waals surface area (Å²) in [4.78, 5) is 11.3. The van der Waals surface area contributed by atoms with Crippen LogP contribution in [0.2, 0.25) is 0 Å². The molecule has 2 aromatic rings. The number of hydrogen-bond acceptors (Lipinski definition) is 4. The lowest BCUT2D eigenvalue weighted by molar-refractivity contribution is 0.0631. The summed E-state index contributed by atoms with van der Waals surface area (Å²) in [6, 6.07) is 8.66. The zero-order valence-corrected chi connectivity index (χ0v) is 16.1. The van der Waals surface area contributed by atoms with Crippen LogP contribution in [-0.4, -0.2) is 17.8 Å². The molecule has 1 aromatic heterocycles. The first-order valence-electron chi connectivity index (χ1n) is 9.62. The first-order valence-corrected chi connectivity index (χ1v) is 9.62. The molecular weight excluding hydrogens is 340 g/mol. The zero-order valence-electron chi connectivity index (χ0n) is 16.1. The highest BCUT2D eigenvalue weighted by Gasteiger charge is 2.30. The molecule has 144 valence electrons. The molecule has 0 bridgehead atoms. The second-order valence-corrected chi connectivity index (χ2v) is 7.58. The zero-order chi connectivity index (χ0) is 19.4. The predicted octanol–water partition coefficient (Wildman–Crippen LogP) is 4.86. The number of allylic oxidation sites excluding steroid dienone is 2. The Balaban J connectivity index is 1.53. The van der Waals surface area contributed by atoms with Crippen molar-refractivity contribution < 1.29 is 14.3 Å². The smallest absolute Gasteiger partial charge is 0.336 e. The highest BCUT2D eigenvalue weighted by molar-refractivity contribution is 5.77. The van der Waals surface area contributed by atoms with Crippen molar-refractivity contribution in [3.8, 4) is 5.75 Å². The fraction of sp³-hybridized carbons (Fsp3) is 0.435. The van der Waals surface area contributed by atoms with Crippen LogP contribution in [0.25, 0.3) is 11.0 Å². The first-order chi connectivity index (χ1) is 12.9. The molecule has 27 heavy (non-hydrogen) atoms. The van der Waals surface area contributed by atoms with E-state index in [1.54, 1.807) is 12.1 Å². The van der Waals surface area contributed by atoms with Crippen LogP contribution in [0.5, 0.6) is 5.75 Å². The molecule has 0 spiro atoms. The summed E-state index contributed by atoms with van der Waals surface area (Å²) >= 11 is 0. The van der Waals surface area contributed by atoms with Crippen LogP contribution in [0, 0.1) is 11.8 Å². The van der Waals surface area contributed by atoms with Crippen LogP contribution < -0.4 is 10.4 Å². The summed E-state index contributed by atoms with van der Waals surface area (Å²) in [5, 5.41) is 11.0. The standard InChI is InChI=1S/C23H28O4/c1-15(4-9-20-16(2)5-10-21(24)17(20)3)12-13-26-19-8-6-18-7-11-23(25)27-22(18)14-19/h6-8,11-12,14,17,20-21,24H,2,4-5,9-10,13H2,1,3H3/b15-12+. The minimum absolute atomic E-state index is 0.207. The van der Waals surface area contributed by atoms with Crippen molar-refractivity contribution in [1.29, 1.82) is 0 Å². The SMILES string of the molecule is C=C1CCC(O)C(C)C1CC/C(C)=C/COc1ccc2ccc(=O)oc2c1. The highest BCUT2D eigenvalue weighted by Crippen LogP contribution is 2.37. The molecule has 4 heteroatoms. The Morgan fingerprint density at radius 3 is 2.96 bits per heavy atom. The third-order valence-corrected chi connectivity index (χ3v) is 5.65. The molecule has 0 aliphatic heterocycles. The molecule has 1 heterocycles. The average Bonchev–Trinajstić information content (AvgIpc) is 2.64. The molecule has 3 unspecified atom stereocenters. The minimum Gasteiger partial charge on any atom is -0.489 e. The lowest BCUT2D eigenvalue weighted by atomic mass is 9.73. The molecule has 1 fully saturated rings. The predicted molar refractivity (Wildman–Crippen MR) is 108 cm³/mol. The second-order valence-electron chi connectivity index (χ2n) is 7.58. The number of rotatable bonds is 6. The Morgan fingerprint density at radius 2 is 2.15 bits per heavy atom. The molecule has 1 saturated carbocycles. The van der Waals surface area contributed by atoms with Crippen molar-refractivity contribution in [1.82, 2.24) is 0 Å². The maximum absolute atomic E-state index is 11.3. The van der Waals surface area contributed by atoms with E-state index in [1.165, 1.54) is 17.2 Å². The Labute approximate surface area is 160 Å². The topological polar surface area (TPSA) is 59.7 Å². The van der Waals surface area contributed by atoms with Crippen molar-refractivity contribution in [2.24, 2.45) is 11.8 Å². The summed E-state index contributed by atoms with van der Waals surface area (Å²) < 4.78 is 11.0. The maximum Gasteiger partial charge on any atom is 0.336 e. The number of aliphatic hydroxyl groups is 1. The molecule has 1 aliphatic rings. The molecule has 3 rings (SSSR count). The third kappa shape index (κ3) is 4.89. The van der Waals surface area contributed by atoms with Gasteiger partial charge in [-0.2, -0.15) is 0 Å². The number of fused-ring (bicyclic) bond motifs is 1. The van der Waals surface area contributed by atoms with Crippen molar-refractivity contribution in [2.75, 3.05) is 6.61 Å². The quantitative estimate of drug-likeness (QED) is 0.584. The van der Waals surface area contributed by atoms with Gasteiger partial charge in [0.25, 0.3) is 0 Å². The van der Waals surface area contributed by atoms with E-state index in [0.29, 0.717) is 23.9 Å². The summed E-state index contributed by atoms with van der Waals surface area (Å²) in [6.45, 7) is 8.91. The van der Waals surface area contributed by atoms with E-state index in [9.17, 15) is 9.90 Å². The van der Waals surface area contributed by atoms with Crippen molar-refractivity contribution in [2.45, 2.75) is 45.6 Å². The normalized spacial score (nSPS) is 23.6.